The Hall–Kier alpha value is -4.06. The number of anilines is 1. The highest BCUT2D eigenvalue weighted by Crippen LogP contribution is 2.37. The van der Waals surface area contributed by atoms with Gasteiger partial charge < -0.3 is 15.8 Å². The summed E-state index contributed by atoms with van der Waals surface area (Å²) < 4.78 is 83.5. The van der Waals surface area contributed by atoms with E-state index in [9.17, 15) is 35.9 Å². The van der Waals surface area contributed by atoms with E-state index in [2.05, 4.69) is 5.32 Å². The SMILES string of the molecule is NCc1ccc(C(=O)NC(COC(=O)Nc2cc(C(F)(F)F)cc(C(F)(F)F)c2)Cc2ccccc2)cc1. The van der Waals surface area contributed by atoms with Crippen molar-refractivity contribution >= 4 is 17.7 Å². The Kier molecular flexibility index (Phi) is 9.00. The average molecular weight is 539 g/mol. The van der Waals surface area contributed by atoms with Crippen LogP contribution in [-0.4, -0.2) is 24.6 Å². The number of benzene rings is 3. The van der Waals surface area contributed by atoms with Crippen LogP contribution in [0.5, 0.6) is 0 Å². The predicted molar refractivity (Wildman–Crippen MR) is 127 cm³/mol. The molecule has 1 unspecified atom stereocenters. The van der Waals surface area contributed by atoms with E-state index in [1.165, 1.54) is 0 Å². The van der Waals surface area contributed by atoms with Gasteiger partial charge in [0.05, 0.1) is 17.2 Å². The molecular weight excluding hydrogens is 516 g/mol. The summed E-state index contributed by atoms with van der Waals surface area (Å²) in [5.41, 5.74) is 3.55. The van der Waals surface area contributed by atoms with Gasteiger partial charge >= 0.3 is 18.4 Å². The van der Waals surface area contributed by atoms with Crippen LogP contribution in [0.1, 0.15) is 32.6 Å². The van der Waals surface area contributed by atoms with Gasteiger partial charge in [0.2, 0.25) is 0 Å². The molecule has 0 fully saturated rings. The fourth-order valence-electron chi connectivity index (χ4n) is 3.47. The van der Waals surface area contributed by atoms with E-state index in [4.69, 9.17) is 10.5 Å². The fourth-order valence-corrected chi connectivity index (χ4v) is 3.47. The number of nitrogens with one attached hydrogen (secondary N) is 2. The van der Waals surface area contributed by atoms with Gasteiger partial charge in [0.25, 0.3) is 5.91 Å². The number of carbonyl (C=O) groups is 2. The molecule has 0 saturated carbocycles. The predicted octanol–water partition coefficient (Wildman–Crippen LogP) is 5.77. The Labute approximate surface area is 213 Å². The first-order valence-electron chi connectivity index (χ1n) is 11.2. The van der Waals surface area contributed by atoms with Crippen LogP contribution in [0.15, 0.2) is 72.8 Å². The molecular formula is C26H23F6N3O3. The van der Waals surface area contributed by atoms with Crippen molar-refractivity contribution in [2.24, 2.45) is 5.73 Å². The van der Waals surface area contributed by atoms with Crippen LogP contribution >= 0.6 is 0 Å². The first kappa shape index (κ1) is 28.5. The summed E-state index contributed by atoms with van der Waals surface area (Å²) in [5.74, 6) is -0.480. The van der Waals surface area contributed by atoms with E-state index in [-0.39, 0.29) is 19.0 Å². The lowest BCUT2D eigenvalue weighted by molar-refractivity contribution is -0.143. The summed E-state index contributed by atoms with van der Waals surface area (Å²) in [5, 5.41) is 4.62. The summed E-state index contributed by atoms with van der Waals surface area (Å²) in [6.45, 7) is -0.129. The molecule has 6 nitrogen and oxygen atoms in total. The lowest BCUT2D eigenvalue weighted by Crippen LogP contribution is -2.40. The molecule has 3 aromatic rings. The van der Waals surface area contributed by atoms with Crippen LogP contribution in [0.4, 0.5) is 36.8 Å². The van der Waals surface area contributed by atoms with Gasteiger partial charge in [0.15, 0.2) is 0 Å². The number of hydrogen-bond acceptors (Lipinski definition) is 4. The Bertz CT molecular complexity index is 1210. The maximum absolute atomic E-state index is 13.1. The van der Waals surface area contributed by atoms with Gasteiger partial charge in [-0.05, 0) is 47.9 Å². The Morgan fingerprint density at radius 3 is 1.92 bits per heavy atom. The summed E-state index contributed by atoms with van der Waals surface area (Å²) in [4.78, 5) is 25.0. The van der Waals surface area contributed by atoms with Gasteiger partial charge in [0, 0.05) is 17.8 Å². The number of rotatable bonds is 8. The molecule has 202 valence electrons. The molecule has 0 aliphatic heterocycles. The number of ether oxygens (including phenoxy) is 1. The second-order valence-electron chi connectivity index (χ2n) is 8.28. The lowest BCUT2D eigenvalue weighted by atomic mass is 10.1. The van der Waals surface area contributed by atoms with Crippen LogP contribution in [-0.2, 0) is 30.1 Å². The van der Waals surface area contributed by atoms with E-state index in [0.717, 1.165) is 11.1 Å². The summed E-state index contributed by atoms with van der Waals surface area (Å²) in [7, 11) is 0. The van der Waals surface area contributed by atoms with E-state index >= 15 is 0 Å². The number of amides is 2. The molecule has 0 heterocycles. The van der Waals surface area contributed by atoms with Gasteiger partial charge in [-0.15, -0.1) is 0 Å². The molecule has 0 aliphatic carbocycles. The third-order valence-electron chi connectivity index (χ3n) is 5.36. The summed E-state index contributed by atoms with van der Waals surface area (Å²) >= 11 is 0. The lowest BCUT2D eigenvalue weighted by Gasteiger charge is -2.20. The van der Waals surface area contributed by atoms with Crippen LogP contribution < -0.4 is 16.4 Å². The first-order valence-corrected chi connectivity index (χ1v) is 11.2. The van der Waals surface area contributed by atoms with Crippen molar-refractivity contribution in [2.45, 2.75) is 31.4 Å². The number of halogens is 6. The molecule has 4 N–H and O–H groups in total. The first-order chi connectivity index (χ1) is 17.8. The number of hydrogen-bond donors (Lipinski definition) is 3. The smallest absolute Gasteiger partial charge is 0.416 e. The average Bonchev–Trinajstić information content (AvgIpc) is 2.86. The molecule has 38 heavy (non-hydrogen) atoms. The van der Waals surface area contributed by atoms with Crippen molar-refractivity contribution in [1.29, 1.82) is 0 Å². The highest BCUT2D eigenvalue weighted by Gasteiger charge is 2.37. The van der Waals surface area contributed by atoms with E-state index < -0.39 is 53.8 Å². The molecule has 0 bridgehead atoms. The molecule has 2 amide bonds. The van der Waals surface area contributed by atoms with Gasteiger partial charge in [-0.2, -0.15) is 26.3 Å². The molecule has 0 aliphatic rings. The van der Waals surface area contributed by atoms with E-state index in [0.29, 0.717) is 17.7 Å². The molecule has 0 saturated heterocycles. The minimum atomic E-state index is -5.07. The topological polar surface area (TPSA) is 93.5 Å². The van der Waals surface area contributed by atoms with Crippen molar-refractivity contribution < 1.29 is 40.7 Å². The monoisotopic (exact) mass is 539 g/mol. The summed E-state index contributed by atoms with van der Waals surface area (Å²) in [6.07, 6.45) is -11.2. The quantitative estimate of drug-likeness (QED) is 0.317. The number of nitrogens with two attached hydrogens (primary N) is 1. The van der Waals surface area contributed by atoms with Crippen molar-refractivity contribution in [3.8, 4) is 0 Å². The molecule has 12 heteroatoms. The standard InChI is InChI=1S/C26H23F6N3O3/c27-25(28,29)19-11-20(26(30,31)32)13-21(12-19)35-24(37)38-15-22(10-16-4-2-1-3-5-16)34-23(36)18-8-6-17(14-33)7-9-18/h1-9,11-13,22H,10,14-15,33H2,(H,34,36)(H,35,37). The molecule has 1 atom stereocenters. The van der Waals surface area contributed by atoms with Gasteiger partial charge in [-0.3, -0.25) is 10.1 Å². The summed E-state index contributed by atoms with van der Waals surface area (Å²) in [6, 6.07) is 15.3. The highest BCUT2D eigenvalue weighted by atomic mass is 19.4. The molecule has 3 aromatic carbocycles. The minimum absolute atomic E-state index is 0.0536. The largest absolute Gasteiger partial charge is 0.447 e. The zero-order valence-corrected chi connectivity index (χ0v) is 19.7. The molecule has 0 radical (unpaired) electrons. The molecule has 0 spiro atoms. The van der Waals surface area contributed by atoms with Crippen molar-refractivity contribution in [1.82, 2.24) is 5.32 Å². The zero-order chi connectivity index (χ0) is 27.9. The van der Waals surface area contributed by atoms with Crippen LogP contribution in [0.3, 0.4) is 0 Å². The Morgan fingerprint density at radius 1 is 0.816 bits per heavy atom. The highest BCUT2D eigenvalue weighted by molar-refractivity contribution is 5.94. The van der Waals surface area contributed by atoms with Gasteiger partial charge in [-0.1, -0.05) is 42.5 Å². The zero-order valence-electron chi connectivity index (χ0n) is 19.7. The second kappa shape index (κ2) is 12.0. The Balaban J connectivity index is 1.73. The third kappa shape index (κ3) is 8.23. The number of carbonyl (C=O) groups excluding carboxylic acids is 2. The fraction of sp³-hybridized carbons (Fsp3) is 0.231. The van der Waals surface area contributed by atoms with Crippen LogP contribution in [0.25, 0.3) is 0 Å². The Morgan fingerprint density at radius 2 is 1.39 bits per heavy atom. The van der Waals surface area contributed by atoms with Crippen molar-refractivity contribution in [3.05, 3.63) is 101 Å². The van der Waals surface area contributed by atoms with Crippen molar-refractivity contribution in [2.75, 3.05) is 11.9 Å². The second-order valence-corrected chi connectivity index (χ2v) is 8.28. The van der Waals surface area contributed by atoms with E-state index in [1.54, 1.807) is 54.6 Å². The normalized spacial score (nSPS) is 12.5. The van der Waals surface area contributed by atoms with Gasteiger partial charge in [-0.25, -0.2) is 4.79 Å². The minimum Gasteiger partial charge on any atom is -0.447 e. The molecule has 3 rings (SSSR count). The van der Waals surface area contributed by atoms with Crippen LogP contribution in [0, 0.1) is 0 Å². The van der Waals surface area contributed by atoms with E-state index in [1.807, 2.05) is 5.32 Å². The maximum atomic E-state index is 13.1. The van der Waals surface area contributed by atoms with Gasteiger partial charge in [0.1, 0.15) is 6.61 Å². The molecule has 0 aromatic heterocycles. The maximum Gasteiger partial charge on any atom is 0.416 e. The van der Waals surface area contributed by atoms with Crippen LogP contribution in [0.2, 0.25) is 0 Å². The number of alkyl halides is 6. The van der Waals surface area contributed by atoms with Crippen molar-refractivity contribution in [3.63, 3.8) is 0 Å². The third-order valence-corrected chi connectivity index (χ3v) is 5.36.